The van der Waals surface area contributed by atoms with Gasteiger partial charge in [-0.15, -0.1) is 0 Å². The molecule has 138 valence electrons. The molecule has 4 aromatic rings. The van der Waals surface area contributed by atoms with Crippen molar-refractivity contribution in [3.05, 3.63) is 84.6 Å². The number of hydrogen-bond acceptors (Lipinski definition) is 5. The Hall–Kier alpha value is -3.80. The van der Waals surface area contributed by atoms with E-state index in [4.69, 9.17) is 4.52 Å². The van der Waals surface area contributed by atoms with Crippen molar-refractivity contribution in [2.24, 2.45) is 0 Å². The average Bonchev–Trinajstić information content (AvgIpc) is 3.23. The van der Waals surface area contributed by atoms with Gasteiger partial charge in [0.2, 0.25) is 5.91 Å². The van der Waals surface area contributed by atoms with E-state index in [-0.39, 0.29) is 12.3 Å². The van der Waals surface area contributed by atoms with Crippen molar-refractivity contribution in [1.29, 1.82) is 0 Å². The summed E-state index contributed by atoms with van der Waals surface area (Å²) in [6.07, 6.45) is 8.54. The SMILES string of the molecule is Cc1cccnc1-c1cncc(NC(=O)Cc2ccccc2)c1-c1cnoc1. The lowest BCUT2D eigenvalue weighted by atomic mass is 9.98. The molecule has 0 aliphatic rings. The second kappa shape index (κ2) is 7.84. The van der Waals surface area contributed by atoms with Crippen molar-refractivity contribution in [2.45, 2.75) is 13.3 Å². The maximum absolute atomic E-state index is 12.6. The zero-order valence-electron chi connectivity index (χ0n) is 15.3. The van der Waals surface area contributed by atoms with E-state index in [1.165, 1.54) is 0 Å². The molecule has 1 aromatic carbocycles. The van der Waals surface area contributed by atoms with Gasteiger partial charge in [0.1, 0.15) is 6.26 Å². The third-order valence-corrected chi connectivity index (χ3v) is 4.41. The van der Waals surface area contributed by atoms with Crippen molar-refractivity contribution in [3.8, 4) is 22.4 Å². The third kappa shape index (κ3) is 3.66. The van der Waals surface area contributed by atoms with Gasteiger partial charge < -0.3 is 9.84 Å². The number of pyridine rings is 2. The predicted molar refractivity (Wildman–Crippen MR) is 106 cm³/mol. The van der Waals surface area contributed by atoms with Crippen molar-refractivity contribution in [1.82, 2.24) is 15.1 Å². The molecule has 1 amide bonds. The van der Waals surface area contributed by atoms with Crippen LogP contribution >= 0.6 is 0 Å². The molecule has 0 saturated heterocycles. The van der Waals surface area contributed by atoms with Crippen LogP contribution in [0.2, 0.25) is 0 Å². The number of carbonyl (C=O) groups excluding carboxylic acids is 1. The number of rotatable bonds is 5. The third-order valence-electron chi connectivity index (χ3n) is 4.41. The smallest absolute Gasteiger partial charge is 0.228 e. The summed E-state index contributed by atoms with van der Waals surface area (Å²) in [6.45, 7) is 1.99. The first-order valence-corrected chi connectivity index (χ1v) is 8.86. The van der Waals surface area contributed by atoms with E-state index in [0.29, 0.717) is 5.69 Å². The standard InChI is InChI=1S/C22H18N4O2/c1-15-6-5-9-24-22(15)18-12-23-13-19(21(18)17-11-25-28-14-17)26-20(27)10-16-7-3-2-4-8-16/h2-9,11-14H,10H2,1H3,(H,26,27). The summed E-state index contributed by atoms with van der Waals surface area (Å²) >= 11 is 0. The van der Waals surface area contributed by atoms with Crippen LogP contribution in [0.15, 0.2) is 78.0 Å². The Bertz CT molecular complexity index is 1090. The van der Waals surface area contributed by atoms with Crippen molar-refractivity contribution >= 4 is 11.6 Å². The summed E-state index contributed by atoms with van der Waals surface area (Å²) in [5.74, 6) is -0.124. The van der Waals surface area contributed by atoms with Gasteiger partial charge in [0, 0.05) is 29.1 Å². The fourth-order valence-electron chi connectivity index (χ4n) is 3.12. The van der Waals surface area contributed by atoms with Crippen LogP contribution in [0.5, 0.6) is 0 Å². The molecule has 4 rings (SSSR count). The molecule has 0 fully saturated rings. The highest BCUT2D eigenvalue weighted by Gasteiger charge is 2.18. The van der Waals surface area contributed by atoms with Crippen molar-refractivity contribution < 1.29 is 9.32 Å². The number of nitrogens with one attached hydrogen (secondary N) is 1. The molecule has 6 nitrogen and oxygen atoms in total. The lowest BCUT2D eigenvalue weighted by molar-refractivity contribution is -0.115. The molecule has 0 atom stereocenters. The quantitative estimate of drug-likeness (QED) is 0.567. The largest absolute Gasteiger partial charge is 0.364 e. The molecule has 0 aliphatic carbocycles. The fourth-order valence-corrected chi connectivity index (χ4v) is 3.12. The van der Waals surface area contributed by atoms with Gasteiger partial charge in [-0.25, -0.2) is 0 Å². The summed E-state index contributed by atoms with van der Waals surface area (Å²) < 4.78 is 5.04. The molecule has 0 spiro atoms. The molecule has 6 heteroatoms. The molecule has 0 bridgehead atoms. The first-order valence-electron chi connectivity index (χ1n) is 8.86. The molecule has 0 unspecified atom stereocenters. The van der Waals surface area contributed by atoms with E-state index in [9.17, 15) is 4.79 Å². The Balaban J connectivity index is 1.74. The van der Waals surface area contributed by atoms with Crippen molar-refractivity contribution in [2.75, 3.05) is 5.32 Å². The van der Waals surface area contributed by atoms with Crippen LogP contribution in [-0.2, 0) is 11.2 Å². The summed E-state index contributed by atoms with van der Waals surface area (Å²) in [6, 6.07) is 13.5. The number of anilines is 1. The van der Waals surface area contributed by atoms with Gasteiger partial charge in [-0.2, -0.15) is 0 Å². The van der Waals surface area contributed by atoms with Gasteiger partial charge in [0.25, 0.3) is 0 Å². The number of aryl methyl sites for hydroxylation is 1. The van der Waals surface area contributed by atoms with Gasteiger partial charge >= 0.3 is 0 Å². The number of benzene rings is 1. The fraction of sp³-hybridized carbons (Fsp3) is 0.0909. The van der Waals surface area contributed by atoms with E-state index in [1.807, 2.05) is 49.4 Å². The molecule has 1 N–H and O–H groups in total. The second-order valence-corrected chi connectivity index (χ2v) is 6.40. The summed E-state index contributed by atoms with van der Waals surface area (Å²) in [4.78, 5) is 21.5. The minimum Gasteiger partial charge on any atom is -0.364 e. The Labute approximate surface area is 162 Å². The van der Waals surface area contributed by atoms with Crippen LogP contribution in [0, 0.1) is 6.92 Å². The van der Waals surface area contributed by atoms with Crippen LogP contribution in [0.3, 0.4) is 0 Å². The van der Waals surface area contributed by atoms with E-state index in [2.05, 4.69) is 20.4 Å². The van der Waals surface area contributed by atoms with Gasteiger partial charge in [-0.1, -0.05) is 41.6 Å². The maximum atomic E-state index is 12.6. The molecule has 0 aliphatic heterocycles. The van der Waals surface area contributed by atoms with Gasteiger partial charge in [0.15, 0.2) is 0 Å². The minimum atomic E-state index is -0.124. The number of aromatic nitrogens is 3. The molecular formula is C22H18N4O2. The van der Waals surface area contributed by atoms with Crippen LogP contribution in [-0.4, -0.2) is 21.0 Å². The normalized spacial score (nSPS) is 10.6. The van der Waals surface area contributed by atoms with Crippen LogP contribution in [0.25, 0.3) is 22.4 Å². The first-order chi connectivity index (χ1) is 13.7. The lowest BCUT2D eigenvalue weighted by Crippen LogP contribution is -2.15. The molecule has 0 radical (unpaired) electrons. The van der Waals surface area contributed by atoms with E-state index >= 15 is 0 Å². The minimum absolute atomic E-state index is 0.124. The molecule has 3 aromatic heterocycles. The molecule has 3 heterocycles. The van der Waals surface area contributed by atoms with Crippen LogP contribution in [0.4, 0.5) is 5.69 Å². The number of hydrogen-bond donors (Lipinski definition) is 1. The second-order valence-electron chi connectivity index (χ2n) is 6.40. The van der Waals surface area contributed by atoms with Gasteiger partial charge in [-0.3, -0.25) is 14.8 Å². The Morgan fingerprint density at radius 1 is 1.07 bits per heavy atom. The number of carbonyl (C=O) groups is 1. The molecule has 0 saturated carbocycles. The number of nitrogens with zero attached hydrogens (tertiary/aromatic N) is 3. The summed E-state index contributed by atoms with van der Waals surface area (Å²) in [7, 11) is 0. The average molecular weight is 370 g/mol. The Morgan fingerprint density at radius 2 is 1.93 bits per heavy atom. The van der Waals surface area contributed by atoms with Crippen LogP contribution in [0.1, 0.15) is 11.1 Å². The number of amides is 1. The van der Waals surface area contributed by atoms with Crippen molar-refractivity contribution in [3.63, 3.8) is 0 Å². The lowest BCUT2D eigenvalue weighted by Gasteiger charge is -2.15. The predicted octanol–water partition coefficient (Wildman–Crippen LogP) is 4.29. The monoisotopic (exact) mass is 370 g/mol. The Kier molecular flexibility index (Phi) is 4.93. The highest BCUT2D eigenvalue weighted by molar-refractivity contribution is 5.99. The topological polar surface area (TPSA) is 80.9 Å². The van der Waals surface area contributed by atoms with E-state index < -0.39 is 0 Å². The van der Waals surface area contributed by atoms with Crippen LogP contribution < -0.4 is 5.32 Å². The zero-order valence-corrected chi connectivity index (χ0v) is 15.3. The van der Waals surface area contributed by atoms with E-state index in [1.54, 1.807) is 31.1 Å². The highest BCUT2D eigenvalue weighted by atomic mass is 16.5. The summed E-state index contributed by atoms with van der Waals surface area (Å²) in [5, 5.41) is 6.79. The first kappa shape index (κ1) is 17.6. The van der Waals surface area contributed by atoms with E-state index in [0.717, 1.165) is 33.5 Å². The zero-order chi connectivity index (χ0) is 19.3. The maximum Gasteiger partial charge on any atom is 0.228 e. The highest BCUT2D eigenvalue weighted by Crippen LogP contribution is 2.37. The molecular weight excluding hydrogens is 352 g/mol. The molecule has 28 heavy (non-hydrogen) atoms. The summed E-state index contributed by atoms with van der Waals surface area (Å²) in [5.41, 5.74) is 5.67. The Morgan fingerprint density at radius 3 is 2.68 bits per heavy atom. The van der Waals surface area contributed by atoms with Gasteiger partial charge in [-0.05, 0) is 24.1 Å². The van der Waals surface area contributed by atoms with Gasteiger partial charge in [0.05, 0.1) is 30.2 Å².